The van der Waals surface area contributed by atoms with Gasteiger partial charge in [-0.25, -0.2) is 0 Å². The quantitative estimate of drug-likeness (QED) is 0.633. The molecule has 0 bridgehead atoms. The number of carbonyl (C=O) groups excluding carboxylic acids is 1. The van der Waals surface area contributed by atoms with E-state index in [4.69, 9.17) is 4.42 Å². The highest BCUT2D eigenvalue weighted by Gasteiger charge is 2.26. The van der Waals surface area contributed by atoms with Gasteiger partial charge in [-0.1, -0.05) is 30.4 Å². The summed E-state index contributed by atoms with van der Waals surface area (Å²) in [6.07, 6.45) is 0. The zero-order valence-electron chi connectivity index (χ0n) is 16.9. The maximum absolute atomic E-state index is 13.3. The number of aryl methyl sites for hydroxylation is 2. The van der Waals surface area contributed by atoms with Crippen LogP contribution in [0.2, 0.25) is 0 Å². The second-order valence-corrected chi connectivity index (χ2v) is 7.75. The number of amides is 1. The molecule has 0 spiro atoms. The summed E-state index contributed by atoms with van der Waals surface area (Å²) in [4.78, 5) is 17.6. The SMILES string of the molecule is C=C(C)Cn1c(C(=O)N2CCN(c3ccccc3C)CC2)cc2oc(C)cc21. The van der Waals surface area contributed by atoms with Gasteiger partial charge in [-0.3, -0.25) is 4.79 Å². The second kappa shape index (κ2) is 7.23. The fourth-order valence-electron chi connectivity index (χ4n) is 4.01. The molecule has 0 unspecified atom stereocenters. The number of anilines is 1. The first-order chi connectivity index (χ1) is 13.4. The summed E-state index contributed by atoms with van der Waals surface area (Å²) in [5.41, 5.74) is 5.94. The predicted octanol–water partition coefficient (Wildman–Crippen LogP) is 4.39. The fraction of sp³-hybridized carbons (Fsp3) is 0.348. The summed E-state index contributed by atoms with van der Waals surface area (Å²) in [5, 5.41) is 0. The highest BCUT2D eigenvalue weighted by molar-refractivity contribution is 5.98. The molecular weight excluding hydrogens is 350 g/mol. The van der Waals surface area contributed by atoms with Gasteiger partial charge in [-0.15, -0.1) is 0 Å². The maximum Gasteiger partial charge on any atom is 0.270 e. The van der Waals surface area contributed by atoms with E-state index in [0.717, 1.165) is 35.5 Å². The Bertz CT molecular complexity index is 1040. The summed E-state index contributed by atoms with van der Waals surface area (Å²) in [7, 11) is 0. The number of rotatable bonds is 4. The van der Waals surface area contributed by atoms with Crippen molar-refractivity contribution in [3.8, 4) is 0 Å². The van der Waals surface area contributed by atoms with Gasteiger partial charge < -0.3 is 18.8 Å². The molecule has 1 amide bonds. The number of hydrogen-bond donors (Lipinski definition) is 0. The zero-order chi connectivity index (χ0) is 19.8. The van der Waals surface area contributed by atoms with Crippen LogP contribution in [0, 0.1) is 13.8 Å². The van der Waals surface area contributed by atoms with Gasteiger partial charge in [-0.2, -0.15) is 0 Å². The van der Waals surface area contributed by atoms with Crippen molar-refractivity contribution in [2.24, 2.45) is 0 Å². The number of nitrogens with zero attached hydrogens (tertiary/aromatic N) is 3. The first kappa shape index (κ1) is 18.4. The van der Waals surface area contributed by atoms with E-state index in [2.05, 4.69) is 42.7 Å². The maximum atomic E-state index is 13.3. The summed E-state index contributed by atoms with van der Waals surface area (Å²) in [6.45, 7) is 13.8. The lowest BCUT2D eigenvalue weighted by atomic mass is 10.1. The normalized spacial score (nSPS) is 14.7. The molecule has 5 nitrogen and oxygen atoms in total. The molecule has 146 valence electrons. The van der Waals surface area contributed by atoms with Gasteiger partial charge in [0.1, 0.15) is 11.5 Å². The average Bonchev–Trinajstić information content (AvgIpc) is 3.18. The molecule has 1 aliphatic rings. The highest BCUT2D eigenvalue weighted by atomic mass is 16.3. The number of fused-ring (bicyclic) bond motifs is 1. The molecular formula is C23H27N3O2. The molecule has 2 aromatic heterocycles. The molecule has 0 radical (unpaired) electrons. The molecule has 0 N–H and O–H groups in total. The average molecular weight is 377 g/mol. The van der Waals surface area contributed by atoms with Crippen molar-refractivity contribution in [1.82, 2.24) is 9.47 Å². The largest absolute Gasteiger partial charge is 0.460 e. The third kappa shape index (κ3) is 3.33. The molecule has 1 saturated heterocycles. The van der Waals surface area contributed by atoms with Crippen molar-refractivity contribution in [2.45, 2.75) is 27.3 Å². The molecule has 3 heterocycles. The van der Waals surface area contributed by atoms with Crippen LogP contribution < -0.4 is 4.90 Å². The van der Waals surface area contributed by atoms with E-state index in [1.54, 1.807) is 0 Å². The van der Waals surface area contributed by atoms with Crippen LogP contribution in [-0.4, -0.2) is 41.6 Å². The molecule has 0 aliphatic carbocycles. The number of para-hydroxylation sites is 1. The van der Waals surface area contributed by atoms with Gasteiger partial charge in [0.2, 0.25) is 0 Å². The number of piperazine rings is 1. The Kier molecular flexibility index (Phi) is 4.75. The van der Waals surface area contributed by atoms with Crippen LogP contribution in [0.3, 0.4) is 0 Å². The van der Waals surface area contributed by atoms with E-state index in [-0.39, 0.29) is 5.91 Å². The Hall–Kier alpha value is -2.95. The van der Waals surface area contributed by atoms with Gasteiger partial charge in [-0.05, 0) is 32.4 Å². The minimum absolute atomic E-state index is 0.0646. The lowest BCUT2D eigenvalue weighted by Crippen LogP contribution is -2.49. The number of hydrogen-bond acceptors (Lipinski definition) is 3. The smallest absolute Gasteiger partial charge is 0.270 e. The Morgan fingerprint density at radius 3 is 2.50 bits per heavy atom. The first-order valence-electron chi connectivity index (χ1n) is 9.78. The van der Waals surface area contributed by atoms with Crippen LogP contribution in [0.25, 0.3) is 11.1 Å². The van der Waals surface area contributed by atoms with Crippen LogP contribution >= 0.6 is 0 Å². The number of aromatic nitrogens is 1. The monoisotopic (exact) mass is 377 g/mol. The van der Waals surface area contributed by atoms with Crippen molar-refractivity contribution in [3.05, 3.63) is 65.6 Å². The predicted molar refractivity (Wildman–Crippen MR) is 113 cm³/mol. The number of benzene rings is 1. The lowest BCUT2D eigenvalue weighted by molar-refractivity contribution is 0.0736. The van der Waals surface area contributed by atoms with E-state index in [0.29, 0.717) is 25.3 Å². The highest BCUT2D eigenvalue weighted by Crippen LogP contribution is 2.26. The summed E-state index contributed by atoms with van der Waals surface area (Å²) >= 11 is 0. The van der Waals surface area contributed by atoms with Gasteiger partial charge in [0.15, 0.2) is 5.58 Å². The Morgan fingerprint density at radius 2 is 1.82 bits per heavy atom. The van der Waals surface area contributed by atoms with E-state index in [1.165, 1.54) is 11.3 Å². The standard InChI is InChI=1S/C23H27N3O2/c1-16(2)15-26-20-13-18(4)28-22(20)14-21(26)23(27)25-11-9-24(10-12-25)19-8-6-5-7-17(19)3/h5-8,13-14H,1,9-12,15H2,2-4H3. The van der Waals surface area contributed by atoms with Gasteiger partial charge in [0.25, 0.3) is 5.91 Å². The Labute approximate surface area is 165 Å². The van der Waals surface area contributed by atoms with Gasteiger partial charge in [0.05, 0.1) is 5.52 Å². The van der Waals surface area contributed by atoms with Crippen LogP contribution in [0.15, 0.2) is 53.0 Å². The number of carbonyl (C=O) groups is 1. The third-order valence-corrected chi connectivity index (χ3v) is 5.38. The minimum Gasteiger partial charge on any atom is -0.460 e. The zero-order valence-corrected chi connectivity index (χ0v) is 16.9. The van der Waals surface area contributed by atoms with Gasteiger partial charge >= 0.3 is 0 Å². The van der Waals surface area contributed by atoms with Crippen LogP contribution in [0.1, 0.15) is 28.7 Å². The fourth-order valence-corrected chi connectivity index (χ4v) is 4.01. The van der Waals surface area contributed by atoms with Crippen molar-refractivity contribution < 1.29 is 9.21 Å². The van der Waals surface area contributed by atoms with Crippen LogP contribution in [0.5, 0.6) is 0 Å². The topological polar surface area (TPSA) is 41.6 Å². The summed E-state index contributed by atoms with van der Waals surface area (Å²) < 4.78 is 7.80. The first-order valence-corrected chi connectivity index (χ1v) is 9.78. The molecule has 1 fully saturated rings. The number of allylic oxidation sites excluding steroid dienone is 1. The van der Waals surface area contributed by atoms with Crippen molar-refractivity contribution in [1.29, 1.82) is 0 Å². The summed E-state index contributed by atoms with van der Waals surface area (Å²) in [6, 6.07) is 12.3. The molecule has 1 aliphatic heterocycles. The van der Waals surface area contributed by atoms with Crippen molar-refractivity contribution >= 4 is 22.7 Å². The van der Waals surface area contributed by atoms with Crippen LogP contribution in [0.4, 0.5) is 5.69 Å². The molecule has 0 atom stereocenters. The van der Waals surface area contributed by atoms with E-state index >= 15 is 0 Å². The van der Waals surface area contributed by atoms with Crippen LogP contribution in [-0.2, 0) is 6.54 Å². The third-order valence-electron chi connectivity index (χ3n) is 5.38. The minimum atomic E-state index is 0.0646. The molecule has 0 saturated carbocycles. The molecule has 5 heteroatoms. The summed E-state index contributed by atoms with van der Waals surface area (Å²) in [5.74, 6) is 0.918. The Balaban J connectivity index is 1.55. The number of furan rings is 1. The molecule has 1 aromatic carbocycles. The molecule has 4 rings (SSSR count). The Morgan fingerprint density at radius 1 is 1.11 bits per heavy atom. The van der Waals surface area contributed by atoms with E-state index < -0.39 is 0 Å². The van der Waals surface area contributed by atoms with E-state index in [9.17, 15) is 4.79 Å². The van der Waals surface area contributed by atoms with Crippen molar-refractivity contribution in [2.75, 3.05) is 31.1 Å². The van der Waals surface area contributed by atoms with Crippen molar-refractivity contribution in [3.63, 3.8) is 0 Å². The lowest BCUT2D eigenvalue weighted by Gasteiger charge is -2.37. The molecule has 3 aromatic rings. The molecule has 28 heavy (non-hydrogen) atoms. The van der Waals surface area contributed by atoms with E-state index in [1.807, 2.05) is 35.4 Å². The second-order valence-electron chi connectivity index (χ2n) is 7.75. The van der Waals surface area contributed by atoms with Gasteiger partial charge in [0, 0.05) is 50.5 Å².